The van der Waals surface area contributed by atoms with Crippen LogP contribution in [0.25, 0.3) is 0 Å². The molecule has 2 rings (SSSR count). The Bertz CT molecular complexity index is 371. The van der Waals surface area contributed by atoms with Crippen molar-refractivity contribution in [1.29, 1.82) is 0 Å². The van der Waals surface area contributed by atoms with Crippen LogP contribution in [0.1, 0.15) is 5.82 Å². The van der Waals surface area contributed by atoms with E-state index in [1.54, 1.807) is 10.9 Å². The van der Waals surface area contributed by atoms with Crippen molar-refractivity contribution in [3.05, 3.63) is 12.2 Å². The maximum atomic E-state index is 11.7. The number of amides is 1. The van der Waals surface area contributed by atoms with Crippen molar-refractivity contribution in [2.75, 3.05) is 32.7 Å². The van der Waals surface area contributed by atoms with Gasteiger partial charge in [0.2, 0.25) is 5.91 Å². The molecule has 1 fully saturated rings. The monoisotopic (exact) mass is 238 g/mol. The van der Waals surface area contributed by atoms with Crippen molar-refractivity contribution in [3.8, 4) is 0 Å². The molecule has 1 aliphatic heterocycles. The van der Waals surface area contributed by atoms with Crippen molar-refractivity contribution in [3.63, 3.8) is 0 Å². The first-order chi connectivity index (χ1) is 8.25. The molecule has 1 aliphatic rings. The number of hydrogen-bond acceptors (Lipinski definition) is 5. The van der Waals surface area contributed by atoms with Crippen LogP contribution in [0.4, 0.5) is 0 Å². The van der Waals surface area contributed by atoms with E-state index in [0.29, 0.717) is 13.1 Å². The maximum absolute atomic E-state index is 11.7. The van der Waals surface area contributed by atoms with E-state index in [0.717, 1.165) is 32.0 Å². The SMILES string of the molecule is Cn1cnnc1CNC(=O)CN1CCNCC1. The van der Waals surface area contributed by atoms with Crippen LogP contribution in [0.5, 0.6) is 0 Å². The van der Waals surface area contributed by atoms with Gasteiger partial charge in [0.05, 0.1) is 13.1 Å². The maximum Gasteiger partial charge on any atom is 0.234 e. The largest absolute Gasteiger partial charge is 0.348 e. The summed E-state index contributed by atoms with van der Waals surface area (Å²) < 4.78 is 1.80. The van der Waals surface area contributed by atoms with E-state index in [-0.39, 0.29) is 5.91 Å². The first-order valence-corrected chi connectivity index (χ1v) is 5.78. The Morgan fingerprint density at radius 1 is 1.53 bits per heavy atom. The molecule has 0 unspecified atom stereocenters. The summed E-state index contributed by atoms with van der Waals surface area (Å²) >= 11 is 0. The fourth-order valence-electron chi connectivity index (χ4n) is 1.77. The molecule has 7 nitrogen and oxygen atoms in total. The number of aryl methyl sites for hydroxylation is 1. The fraction of sp³-hybridized carbons (Fsp3) is 0.700. The minimum atomic E-state index is 0.0369. The molecule has 0 saturated carbocycles. The lowest BCUT2D eigenvalue weighted by Gasteiger charge is -2.26. The van der Waals surface area contributed by atoms with Crippen molar-refractivity contribution in [2.45, 2.75) is 6.54 Å². The molecule has 2 N–H and O–H groups in total. The van der Waals surface area contributed by atoms with Gasteiger partial charge in [-0.3, -0.25) is 9.69 Å². The van der Waals surface area contributed by atoms with E-state index in [1.807, 2.05) is 7.05 Å². The van der Waals surface area contributed by atoms with E-state index >= 15 is 0 Å². The Labute approximate surface area is 100 Å². The van der Waals surface area contributed by atoms with Crippen LogP contribution >= 0.6 is 0 Å². The van der Waals surface area contributed by atoms with Crippen LogP contribution in [0.2, 0.25) is 0 Å². The normalized spacial score (nSPS) is 17.0. The molecule has 0 aliphatic carbocycles. The van der Waals surface area contributed by atoms with Crippen LogP contribution in [0.3, 0.4) is 0 Å². The zero-order chi connectivity index (χ0) is 12.1. The standard InChI is InChI=1S/C10H18N6O/c1-15-8-13-14-9(15)6-12-10(17)7-16-4-2-11-3-5-16/h8,11H,2-7H2,1H3,(H,12,17). The van der Waals surface area contributed by atoms with Gasteiger partial charge >= 0.3 is 0 Å². The highest BCUT2D eigenvalue weighted by Gasteiger charge is 2.13. The lowest BCUT2D eigenvalue weighted by atomic mass is 10.3. The zero-order valence-electron chi connectivity index (χ0n) is 10.0. The van der Waals surface area contributed by atoms with E-state index in [2.05, 4.69) is 25.7 Å². The van der Waals surface area contributed by atoms with Gasteiger partial charge in [-0.15, -0.1) is 10.2 Å². The second-order valence-corrected chi connectivity index (χ2v) is 4.16. The molecule has 0 aromatic carbocycles. The summed E-state index contributed by atoms with van der Waals surface area (Å²) in [5.74, 6) is 0.800. The Kier molecular flexibility index (Phi) is 4.05. The summed E-state index contributed by atoms with van der Waals surface area (Å²) in [4.78, 5) is 13.8. The predicted octanol–water partition coefficient (Wildman–Crippen LogP) is -1.66. The van der Waals surface area contributed by atoms with Crippen molar-refractivity contribution in [2.24, 2.45) is 7.05 Å². The minimum Gasteiger partial charge on any atom is -0.348 e. The Hall–Kier alpha value is -1.47. The van der Waals surface area contributed by atoms with Gasteiger partial charge in [-0.1, -0.05) is 0 Å². The summed E-state index contributed by atoms with van der Waals surface area (Å²) in [6, 6.07) is 0. The second kappa shape index (κ2) is 5.74. The van der Waals surface area contributed by atoms with E-state index in [1.165, 1.54) is 0 Å². The highest BCUT2D eigenvalue weighted by molar-refractivity contribution is 5.77. The predicted molar refractivity (Wildman–Crippen MR) is 62.2 cm³/mol. The highest BCUT2D eigenvalue weighted by atomic mass is 16.2. The Morgan fingerprint density at radius 3 is 2.94 bits per heavy atom. The molecule has 7 heteroatoms. The van der Waals surface area contributed by atoms with Crippen LogP contribution in [0.15, 0.2) is 6.33 Å². The number of carbonyl (C=O) groups excluding carboxylic acids is 1. The van der Waals surface area contributed by atoms with Gasteiger partial charge in [-0.2, -0.15) is 0 Å². The van der Waals surface area contributed by atoms with Gasteiger partial charge in [0.1, 0.15) is 6.33 Å². The molecule has 0 bridgehead atoms. The first kappa shape index (κ1) is 12.0. The van der Waals surface area contributed by atoms with Gasteiger partial charge in [0, 0.05) is 33.2 Å². The molecular formula is C10H18N6O. The lowest BCUT2D eigenvalue weighted by Crippen LogP contribution is -2.47. The molecule has 2 heterocycles. The Morgan fingerprint density at radius 2 is 2.29 bits per heavy atom. The number of rotatable bonds is 4. The molecule has 17 heavy (non-hydrogen) atoms. The van der Waals surface area contributed by atoms with Gasteiger partial charge in [0.15, 0.2) is 5.82 Å². The summed E-state index contributed by atoms with van der Waals surface area (Å²) in [5, 5.41) is 13.8. The number of carbonyl (C=O) groups is 1. The van der Waals surface area contributed by atoms with Crippen molar-refractivity contribution in [1.82, 2.24) is 30.3 Å². The minimum absolute atomic E-state index is 0.0369. The molecule has 0 radical (unpaired) electrons. The smallest absolute Gasteiger partial charge is 0.234 e. The quantitative estimate of drug-likeness (QED) is 0.656. The number of hydrogen-bond donors (Lipinski definition) is 2. The zero-order valence-corrected chi connectivity index (χ0v) is 10.0. The van der Waals surface area contributed by atoms with Crippen LogP contribution < -0.4 is 10.6 Å². The molecule has 0 spiro atoms. The third-order valence-corrected chi connectivity index (χ3v) is 2.83. The van der Waals surface area contributed by atoms with Crippen LogP contribution in [-0.4, -0.2) is 58.3 Å². The molecule has 1 aromatic rings. The highest BCUT2D eigenvalue weighted by Crippen LogP contribution is 1.93. The van der Waals surface area contributed by atoms with Gasteiger partial charge in [-0.05, 0) is 0 Å². The molecule has 94 valence electrons. The Balaban J connectivity index is 1.72. The molecular weight excluding hydrogens is 220 g/mol. The average molecular weight is 238 g/mol. The third-order valence-electron chi connectivity index (χ3n) is 2.83. The molecule has 1 aromatic heterocycles. The molecule has 1 amide bonds. The number of nitrogens with zero attached hydrogens (tertiary/aromatic N) is 4. The molecule has 1 saturated heterocycles. The number of piperazine rings is 1. The summed E-state index contributed by atoms with van der Waals surface area (Å²) in [7, 11) is 1.86. The molecule has 0 atom stereocenters. The summed E-state index contributed by atoms with van der Waals surface area (Å²) in [5.41, 5.74) is 0. The number of aromatic nitrogens is 3. The van der Waals surface area contributed by atoms with E-state index in [4.69, 9.17) is 0 Å². The van der Waals surface area contributed by atoms with Gasteiger partial charge in [0.25, 0.3) is 0 Å². The third kappa shape index (κ3) is 3.50. The summed E-state index contributed by atoms with van der Waals surface area (Å²) in [6.07, 6.45) is 1.62. The topological polar surface area (TPSA) is 75.1 Å². The second-order valence-electron chi connectivity index (χ2n) is 4.16. The van der Waals surface area contributed by atoms with Crippen molar-refractivity contribution >= 4 is 5.91 Å². The van der Waals surface area contributed by atoms with Crippen LogP contribution in [-0.2, 0) is 18.4 Å². The summed E-state index contributed by atoms with van der Waals surface area (Å²) in [6.45, 7) is 4.66. The lowest BCUT2D eigenvalue weighted by molar-refractivity contribution is -0.122. The average Bonchev–Trinajstić information content (AvgIpc) is 2.74. The van der Waals surface area contributed by atoms with Crippen LogP contribution in [0, 0.1) is 0 Å². The van der Waals surface area contributed by atoms with Crippen molar-refractivity contribution < 1.29 is 4.79 Å². The van der Waals surface area contributed by atoms with Gasteiger partial charge < -0.3 is 15.2 Å². The first-order valence-electron chi connectivity index (χ1n) is 5.78. The fourth-order valence-corrected chi connectivity index (χ4v) is 1.77. The number of nitrogens with one attached hydrogen (secondary N) is 2. The van der Waals surface area contributed by atoms with E-state index < -0.39 is 0 Å². The van der Waals surface area contributed by atoms with E-state index in [9.17, 15) is 4.79 Å². The van der Waals surface area contributed by atoms with Gasteiger partial charge in [-0.25, -0.2) is 0 Å².